The van der Waals surface area contributed by atoms with Crippen molar-refractivity contribution in [2.24, 2.45) is 0 Å². The van der Waals surface area contributed by atoms with Crippen molar-refractivity contribution in [2.75, 3.05) is 0 Å². The van der Waals surface area contributed by atoms with Crippen LogP contribution in [0.3, 0.4) is 0 Å². The van der Waals surface area contributed by atoms with E-state index in [1.807, 2.05) is 0 Å². The molecular formula is C15H14F2N4O3S. The maximum absolute atomic E-state index is 12.4. The van der Waals surface area contributed by atoms with Crippen LogP contribution in [0.4, 0.5) is 8.78 Å². The zero-order valence-corrected chi connectivity index (χ0v) is 14.1. The molecule has 0 radical (unpaired) electrons. The normalized spacial score (nSPS) is 11.2. The fourth-order valence-corrected chi connectivity index (χ4v) is 3.25. The van der Waals surface area contributed by atoms with Crippen molar-refractivity contribution in [1.29, 1.82) is 0 Å². The third-order valence-corrected chi connectivity index (χ3v) is 4.57. The van der Waals surface area contributed by atoms with Crippen LogP contribution in [0.2, 0.25) is 0 Å². The Morgan fingerprint density at radius 3 is 2.96 bits per heavy atom. The Balaban J connectivity index is 1.82. The first-order valence-electron chi connectivity index (χ1n) is 7.25. The van der Waals surface area contributed by atoms with Gasteiger partial charge in [-0.1, -0.05) is 0 Å². The minimum Gasteiger partial charge on any atom is -0.433 e. The number of aromatic nitrogens is 3. The number of alkyl halides is 2. The zero-order chi connectivity index (χ0) is 18.1. The van der Waals surface area contributed by atoms with Gasteiger partial charge in [-0.15, -0.1) is 11.3 Å². The summed E-state index contributed by atoms with van der Waals surface area (Å²) >= 11 is 1.01. The Kier molecular flexibility index (Phi) is 4.53. The second kappa shape index (κ2) is 6.63. The standard InChI is InChI=1S/C15H14F2N4O3S/c1-7-9(8(2)21-11(19-7)5-12(22)20-21)6-18-14(23)13-10(3-4-25-13)24-15(16)17/h3-5,15H,6H2,1-2H3,(H,18,23)(H,20,22). The summed E-state index contributed by atoms with van der Waals surface area (Å²) in [6.45, 7) is 0.687. The quantitative estimate of drug-likeness (QED) is 0.723. The predicted molar refractivity (Wildman–Crippen MR) is 87.4 cm³/mol. The molecule has 3 aromatic rings. The van der Waals surface area contributed by atoms with Crippen LogP contribution in [-0.2, 0) is 6.54 Å². The molecule has 0 fully saturated rings. The van der Waals surface area contributed by atoms with Crippen molar-refractivity contribution in [3.05, 3.63) is 49.7 Å². The number of nitrogens with zero attached hydrogens (tertiary/aromatic N) is 2. The van der Waals surface area contributed by atoms with Crippen molar-refractivity contribution in [3.8, 4) is 5.75 Å². The van der Waals surface area contributed by atoms with E-state index in [4.69, 9.17) is 0 Å². The number of aryl methyl sites for hydroxylation is 2. The molecule has 132 valence electrons. The third kappa shape index (κ3) is 3.38. The largest absolute Gasteiger partial charge is 0.433 e. The molecule has 0 aliphatic rings. The maximum Gasteiger partial charge on any atom is 0.387 e. The van der Waals surface area contributed by atoms with Crippen LogP contribution >= 0.6 is 11.3 Å². The monoisotopic (exact) mass is 368 g/mol. The predicted octanol–water partition coefficient (Wildman–Crippen LogP) is 2.23. The average molecular weight is 368 g/mol. The van der Waals surface area contributed by atoms with Gasteiger partial charge in [-0.25, -0.2) is 9.50 Å². The summed E-state index contributed by atoms with van der Waals surface area (Å²) < 4.78 is 30.6. The molecule has 0 atom stereocenters. The van der Waals surface area contributed by atoms with E-state index in [0.717, 1.165) is 22.6 Å². The van der Waals surface area contributed by atoms with Gasteiger partial charge in [-0.3, -0.25) is 14.7 Å². The van der Waals surface area contributed by atoms with Crippen LogP contribution in [0, 0.1) is 13.8 Å². The van der Waals surface area contributed by atoms with E-state index in [1.165, 1.54) is 22.0 Å². The van der Waals surface area contributed by atoms with Crippen LogP contribution in [-0.4, -0.2) is 27.1 Å². The van der Waals surface area contributed by atoms with Gasteiger partial charge in [0.05, 0.1) is 0 Å². The number of halogens is 2. The number of rotatable bonds is 5. The summed E-state index contributed by atoms with van der Waals surface area (Å²) in [5.41, 5.74) is 2.32. The highest BCUT2D eigenvalue weighted by Gasteiger charge is 2.18. The molecule has 0 aliphatic heterocycles. The molecule has 3 rings (SSSR count). The van der Waals surface area contributed by atoms with Gasteiger partial charge in [0, 0.05) is 29.6 Å². The highest BCUT2D eigenvalue weighted by atomic mass is 32.1. The number of aromatic amines is 1. The molecule has 0 unspecified atom stereocenters. The van der Waals surface area contributed by atoms with E-state index >= 15 is 0 Å². The number of carbonyl (C=O) groups excluding carboxylic acids is 1. The van der Waals surface area contributed by atoms with E-state index < -0.39 is 12.5 Å². The van der Waals surface area contributed by atoms with Gasteiger partial charge in [-0.2, -0.15) is 8.78 Å². The second-order valence-electron chi connectivity index (χ2n) is 5.25. The van der Waals surface area contributed by atoms with E-state index in [1.54, 1.807) is 13.8 Å². The molecule has 2 N–H and O–H groups in total. The summed E-state index contributed by atoms with van der Waals surface area (Å²) in [6.07, 6.45) is 0. The Hall–Kier alpha value is -2.75. The Bertz CT molecular complexity index is 992. The summed E-state index contributed by atoms with van der Waals surface area (Å²) in [5.74, 6) is -0.681. The SMILES string of the molecule is Cc1nc2cc(=O)[nH]n2c(C)c1CNC(=O)c1sccc1OC(F)F. The van der Waals surface area contributed by atoms with E-state index in [-0.39, 0.29) is 22.7 Å². The third-order valence-electron chi connectivity index (χ3n) is 3.68. The average Bonchev–Trinajstić information content (AvgIpc) is 3.12. The molecule has 3 aromatic heterocycles. The Labute approximate surface area is 144 Å². The first kappa shape index (κ1) is 17.1. The van der Waals surface area contributed by atoms with Crippen molar-refractivity contribution in [3.63, 3.8) is 0 Å². The number of fused-ring (bicyclic) bond motifs is 1. The molecule has 0 aromatic carbocycles. The van der Waals surface area contributed by atoms with Crippen molar-refractivity contribution >= 4 is 22.9 Å². The zero-order valence-electron chi connectivity index (χ0n) is 13.3. The lowest BCUT2D eigenvalue weighted by Crippen LogP contribution is -2.24. The highest BCUT2D eigenvalue weighted by molar-refractivity contribution is 7.12. The summed E-state index contributed by atoms with van der Waals surface area (Å²) in [5, 5.41) is 6.80. The number of nitrogens with one attached hydrogen (secondary N) is 2. The van der Waals surface area contributed by atoms with E-state index in [9.17, 15) is 18.4 Å². The number of ether oxygens (including phenoxy) is 1. The van der Waals surface area contributed by atoms with Gasteiger partial charge in [0.15, 0.2) is 5.65 Å². The number of hydrogen-bond acceptors (Lipinski definition) is 5. The van der Waals surface area contributed by atoms with Gasteiger partial charge < -0.3 is 10.1 Å². The van der Waals surface area contributed by atoms with Crippen LogP contribution in [0.15, 0.2) is 22.3 Å². The molecule has 0 spiro atoms. The number of thiophene rings is 1. The summed E-state index contributed by atoms with van der Waals surface area (Å²) in [7, 11) is 0. The summed E-state index contributed by atoms with van der Waals surface area (Å²) in [4.78, 5) is 28.1. The van der Waals surface area contributed by atoms with Crippen LogP contribution in [0.25, 0.3) is 5.65 Å². The number of carbonyl (C=O) groups is 1. The molecular weight excluding hydrogens is 354 g/mol. The molecule has 0 saturated heterocycles. The molecule has 0 aliphatic carbocycles. The van der Waals surface area contributed by atoms with E-state index in [0.29, 0.717) is 11.3 Å². The lowest BCUT2D eigenvalue weighted by molar-refractivity contribution is -0.0498. The highest BCUT2D eigenvalue weighted by Crippen LogP contribution is 2.26. The van der Waals surface area contributed by atoms with Crippen LogP contribution in [0.1, 0.15) is 26.6 Å². The van der Waals surface area contributed by atoms with Gasteiger partial charge in [0.2, 0.25) is 0 Å². The van der Waals surface area contributed by atoms with Crippen LogP contribution < -0.4 is 15.6 Å². The van der Waals surface area contributed by atoms with Crippen molar-refractivity contribution in [2.45, 2.75) is 27.0 Å². The lowest BCUT2D eigenvalue weighted by Gasteiger charge is -2.12. The first-order chi connectivity index (χ1) is 11.9. The molecule has 0 saturated carbocycles. The molecule has 3 heterocycles. The van der Waals surface area contributed by atoms with Crippen molar-refractivity contribution < 1.29 is 18.3 Å². The topological polar surface area (TPSA) is 88.5 Å². The van der Waals surface area contributed by atoms with Crippen molar-refractivity contribution in [1.82, 2.24) is 19.9 Å². The molecule has 25 heavy (non-hydrogen) atoms. The lowest BCUT2D eigenvalue weighted by atomic mass is 10.1. The van der Waals surface area contributed by atoms with Gasteiger partial charge in [0.25, 0.3) is 11.5 Å². The molecule has 1 amide bonds. The molecule has 10 heteroatoms. The fourth-order valence-electron chi connectivity index (χ4n) is 2.51. The van der Waals surface area contributed by atoms with E-state index in [2.05, 4.69) is 20.1 Å². The number of amides is 1. The maximum atomic E-state index is 12.4. The number of H-pyrrole nitrogens is 1. The Morgan fingerprint density at radius 1 is 1.48 bits per heavy atom. The van der Waals surface area contributed by atoms with Crippen LogP contribution in [0.5, 0.6) is 5.75 Å². The first-order valence-corrected chi connectivity index (χ1v) is 8.13. The number of hydrogen-bond donors (Lipinski definition) is 2. The summed E-state index contributed by atoms with van der Waals surface area (Å²) in [6, 6.07) is 2.70. The Morgan fingerprint density at radius 2 is 2.24 bits per heavy atom. The minimum absolute atomic E-state index is 0.0685. The second-order valence-corrected chi connectivity index (χ2v) is 6.17. The minimum atomic E-state index is -3.00. The smallest absolute Gasteiger partial charge is 0.387 e. The fraction of sp³-hybridized carbons (Fsp3) is 0.267. The molecule has 0 bridgehead atoms. The molecule has 7 nitrogen and oxygen atoms in total. The van der Waals surface area contributed by atoms with Gasteiger partial charge in [0.1, 0.15) is 10.6 Å². The van der Waals surface area contributed by atoms with Gasteiger partial charge >= 0.3 is 6.61 Å². The van der Waals surface area contributed by atoms with Gasteiger partial charge in [-0.05, 0) is 25.3 Å².